The summed E-state index contributed by atoms with van der Waals surface area (Å²) in [7, 11) is 0. The van der Waals surface area contributed by atoms with Gasteiger partial charge in [-0.2, -0.15) is 0 Å². The van der Waals surface area contributed by atoms with Crippen molar-refractivity contribution in [1.82, 2.24) is 0 Å². The number of thiophene rings is 2. The molecule has 0 N–H and O–H groups in total. The first-order valence-corrected chi connectivity index (χ1v) is 22.6. The Balaban J connectivity index is 0.947. The Morgan fingerprint density at radius 2 is 0.919 bits per heavy atom. The molecule has 0 aliphatic heterocycles. The van der Waals surface area contributed by atoms with Gasteiger partial charge in [-0.3, -0.25) is 0 Å². The Bertz CT molecular complexity index is 3850. The van der Waals surface area contributed by atoms with Crippen molar-refractivity contribution in [3.63, 3.8) is 0 Å². The number of benzene rings is 10. The van der Waals surface area contributed by atoms with E-state index in [0.29, 0.717) is 0 Å². The van der Waals surface area contributed by atoms with Crippen LogP contribution < -0.4 is 4.90 Å². The summed E-state index contributed by atoms with van der Waals surface area (Å²) in [4.78, 5) is 2.40. The topological polar surface area (TPSA) is 16.4 Å². The van der Waals surface area contributed by atoms with Crippen molar-refractivity contribution in [2.24, 2.45) is 0 Å². The zero-order valence-corrected chi connectivity index (χ0v) is 35.0. The Morgan fingerprint density at radius 1 is 0.323 bits per heavy atom. The van der Waals surface area contributed by atoms with E-state index >= 15 is 0 Å². The summed E-state index contributed by atoms with van der Waals surface area (Å²) in [6, 6.07) is 77.4. The molecular formula is C58H35NOS2. The van der Waals surface area contributed by atoms with Gasteiger partial charge >= 0.3 is 0 Å². The maximum atomic E-state index is 6.30. The number of fused-ring (bicyclic) bond motifs is 11. The number of hydrogen-bond donors (Lipinski definition) is 0. The maximum absolute atomic E-state index is 6.30. The van der Waals surface area contributed by atoms with Gasteiger partial charge in [-0.15, -0.1) is 22.7 Å². The molecule has 0 saturated heterocycles. The molecule has 0 bridgehead atoms. The van der Waals surface area contributed by atoms with Crippen molar-refractivity contribution in [3.05, 3.63) is 212 Å². The second kappa shape index (κ2) is 14.0. The highest BCUT2D eigenvalue weighted by Gasteiger charge is 2.19. The van der Waals surface area contributed by atoms with E-state index in [-0.39, 0.29) is 0 Å². The number of anilines is 3. The molecule has 0 unspecified atom stereocenters. The van der Waals surface area contributed by atoms with Crippen molar-refractivity contribution < 1.29 is 4.42 Å². The fraction of sp³-hybridized carbons (Fsp3) is 0. The molecule has 0 fully saturated rings. The molecular weight excluding hydrogens is 791 g/mol. The van der Waals surface area contributed by atoms with Gasteiger partial charge in [0.05, 0.1) is 0 Å². The van der Waals surface area contributed by atoms with Gasteiger partial charge < -0.3 is 9.32 Å². The fourth-order valence-electron chi connectivity index (χ4n) is 9.51. The van der Waals surface area contributed by atoms with Crippen LogP contribution >= 0.6 is 22.7 Å². The molecule has 0 spiro atoms. The van der Waals surface area contributed by atoms with E-state index in [4.69, 9.17) is 4.42 Å². The Hall–Kier alpha value is -7.50. The summed E-state index contributed by atoms with van der Waals surface area (Å²) in [6.45, 7) is 0. The lowest BCUT2D eigenvalue weighted by Gasteiger charge is -2.26. The van der Waals surface area contributed by atoms with Gasteiger partial charge in [-0.1, -0.05) is 140 Å². The largest absolute Gasteiger partial charge is 0.456 e. The van der Waals surface area contributed by atoms with E-state index in [0.717, 1.165) is 28.2 Å². The van der Waals surface area contributed by atoms with Gasteiger partial charge in [0.1, 0.15) is 11.2 Å². The van der Waals surface area contributed by atoms with Crippen LogP contribution in [0.5, 0.6) is 0 Å². The standard InChI is InChI=1S/C58H35NOS2/c1-2-10-36(11-3-1)37-20-25-41(26-21-37)59(42-27-22-39(23-28-42)45-16-8-13-38-12-4-5-14-44(38)45)43-29-33-55-51(35-43)50-34-40(24-32-54(50)61-55)46-17-9-18-47-48-30-31-53-56(58(48)62-57(46)47)49-15-6-7-19-52(49)60-53/h1-35H. The SMILES string of the molecule is c1ccc(-c2ccc(N(c3ccc(-c4cccc5ccccc45)cc3)c3ccc4sc5ccc(-c6cccc7c6sc6c7ccc7oc8ccccc8c76)cc5c4c3)cc2)cc1. The number of para-hydroxylation sites is 1. The Labute approximate surface area is 365 Å². The minimum atomic E-state index is 0.933. The zero-order chi connectivity index (χ0) is 40.7. The van der Waals surface area contributed by atoms with E-state index in [9.17, 15) is 0 Å². The lowest BCUT2D eigenvalue weighted by Crippen LogP contribution is -2.09. The lowest BCUT2D eigenvalue weighted by atomic mass is 9.98. The van der Waals surface area contributed by atoms with Crippen molar-refractivity contribution in [3.8, 4) is 33.4 Å². The molecule has 62 heavy (non-hydrogen) atoms. The third kappa shape index (κ3) is 5.61. The van der Waals surface area contributed by atoms with Gasteiger partial charge in [0.2, 0.25) is 0 Å². The van der Waals surface area contributed by atoms with Crippen LogP contribution in [0.2, 0.25) is 0 Å². The van der Waals surface area contributed by atoms with Crippen LogP contribution in [-0.2, 0) is 0 Å². The smallest absolute Gasteiger partial charge is 0.136 e. The summed E-state index contributed by atoms with van der Waals surface area (Å²) >= 11 is 3.74. The van der Waals surface area contributed by atoms with E-state index < -0.39 is 0 Å². The summed E-state index contributed by atoms with van der Waals surface area (Å²) in [5.74, 6) is 0. The molecule has 0 saturated carbocycles. The van der Waals surface area contributed by atoms with E-state index in [1.54, 1.807) is 0 Å². The Kier molecular flexibility index (Phi) is 7.99. The van der Waals surface area contributed by atoms with E-state index in [1.807, 2.05) is 28.7 Å². The molecule has 3 aromatic heterocycles. The molecule has 0 atom stereocenters. The molecule has 0 aliphatic rings. The van der Waals surface area contributed by atoms with Gasteiger partial charge in [0, 0.05) is 68.2 Å². The molecule has 0 amide bonds. The summed E-state index contributed by atoms with van der Waals surface area (Å²) < 4.78 is 11.4. The normalized spacial score (nSPS) is 11.9. The number of rotatable bonds is 6. The first-order valence-electron chi connectivity index (χ1n) is 21.0. The molecule has 2 nitrogen and oxygen atoms in total. The lowest BCUT2D eigenvalue weighted by molar-refractivity contribution is 0.669. The van der Waals surface area contributed by atoms with Crippen molar-refractivity contribution in [2.45, 2.75) is 0 Å². The van der Waals surface area contributed by atoms with E-state index in [2.05, 4.69) is 211 Å². The van der Waals surface area contributed by atoms with E-state index in [1.165, 1.54) is 95.3 Å². The third-order valence-corrected chi connectivity index (χ3v) is 14.9. The molecule has 0 aliphatic carbocycles. The van der Waals surface area contributed by atoms with Crippen molar-refractivity contribution >= 4 is 113 Å². The summed E-state index contributed by atoms with van der Waals surface area (Å²) in [5, 5.41) is 9.99. The number of hydrogen-bond acceptors (Lipinski definition) is 4. The van der Waals surface area contributed by atoms with Crippen LogP contribution in [0.15, 0.2) is 217 Å². The monoisotopic (exact) mass is 825 g/mol. The number of nitrogens with zero attached hydrogens (tertiary/aromatic N) is 1. The highest BCUT2D eigenvalue weighted by molar-refractivity contribution is 7.27. The van der Waals surface area contributed by atoms with Crippen LogP contribution in [0.4, 0.5) is 17.1 Å². The molecule has 3 heterocycles. The van der Waals surface area contributed by atoms with Crippen molar-refractivity contribution in [2.75, 3.05) is 4.90 Å². The minimum absolute atomic E-state index is 0.933. The predicted octanol–water partition coefficient (Wildman–Crippen LogP) is 17.9. The van der Waals surface area contributed by atoms with Crippen LogP contribution in [-0.4, -0.2) is 0 Å². The average molecular weight is 826 g/mol. The van der Waals surface area contributed by atoms with Gasteiger partial charge in [0.15, 0.2) is 0 Å². The fourth-order valence-corrected chi connectivity index (χ4v) is 12.0. The second-order valence-electron chi connectivity index (χ2n) is 16.0. The quantitative estimate of drug-likeness (QED) is 0.166. The summed E-state index contributed by atoms with van der Waals surface area (Å²) in [6.07, 6.45) is 0. The van der Waals surface area contributed by atoms with Crippen LogP contribution in [0, 0.1) is 0 Å². The third-order valence-electron chi connectivity index (χ3n) is 12.5. The highest BCUT2D eigenvalue weighted by Crippen LogP contribution is 2.47. The van der Waals surface area contributed by atoms with Crippen LogP contribution in [0.1, 0.15) is 0 Å². The molecule has 4 heteroatoms. The van der Waals surface area contributed by atoms with Crippen LogP contribution in [0.3, 0.4) is 0 Å². The highest BCUT2D eigenvalue weighted by atomic mass is 32.1. The molecule has 10 aromatic carbocycles. The van der Waals surface area contributed by atoms with Crippen molar-refractivity contribution in [1.29, 1.82) is 0 Å². The van der Waals surface area contributed by atoms with Crippen LogP contribution in [0.25, 0.3) is 106 Å². The molecule has 13 rings (SSSR count). The minimum Gasteiger partial charge on any atom is -0.456 e. The Morgan fingerprint density at radius 3 is 1.76 bits per heavy atom. The average Bonchev–Trinajstić information content (AvgIpc) is 4.03. The zero-order valence-electron chi connectivity index (χ0n) is 33.4. The molecule has 290 valence electrons. The second-order valence-corrected chi connectivity index (χ2v) is 18.1. The molecule has 0 radical (unpaired) electrons. The van der Waals surface area contributed by atoms with Gasteiger partial charge in [-0.05, 0) is 117 Å². The van der Waals surface area contributed by atoms with Gasteiger partial charge in [0.25, 0.3) is 0 Å². The number of furan rings is 1. The predicted molar refractivity (Wildman–Crippen MR) is 268 cm³/mol. The first kappa shape index (κ1) is 35.3. The first-order chi connectivity index (χ1) is 30.7. The summed E-state index contributed by atoms with van der Waals surface area (Å²) in [5.41, 5.74) is 12.5. The maximum Gasteiger partial charge on any atom is 0.136 e. The molecule has 13 aromatic rings. The van der Waals surface area contributed by atoms with Gasteiger partial charge in [-0.25, -0.2) is 0 Å².